The summed E-state index contributed by atoms with van der Waals surface area (Å²) in [6, 6.07) is 16.5. The number of carbonyl (C=O) groups excluding carboxylic acids is 1. The maximum atomic E-state index is 13.2. The minimum Gasteiger partial charge on any atom is -0.464 e. The summed E-state index contributed by atoms with van der Waals surface area (Å²) in [6.45, 7) is 5.20. The van der Waals surface area contributed by atoms with Crippen LogP contribution in [0, 0.1) is 18.3 Å². The van der Waals surface area contributed by atoms with Crippen LogP contribution in [0.2, 0.25) is 0 Å². The Bertz CT molecular complexity index is 1310. The van der Waals surface area contributed by atoms with Crippen molar-refractivity contribution in [3.8, 4) is 0 Å². The Hall–Kier alpha value is -2.92. The van der Waals surface area contributed by atoms with Crippen molar-refractivity contribution < 1.29 is 9.21 Å². The Morgan fingerprint density at radius 1 is 1.06 bits per heavy atom. The first-order valence-corrected chi connectivity index (χ1v) is 13.5. The van der Waals surface area contributed by atoms with E-state index >= 15 is 0 Å². The number of hydrogen-bond donors (Lipinski definition) is 1. The molecule has 1 N–H and O–H groups in total. The zero-order valence-corrected chi connectivity index (χ0v) is 21.2. The molecule has 1 amide bonds. The molecule has 5 nitrogen and oxygen atoms in total. The molecule has 188 valence electrons. The van der Waals surface area contributed by atoms with Crippen molar-refractivity contribution in [3.05, 3.63) is 81.7 Å². The molecule has 1 aromatic heterocycles. The van der Waals surface area contributed by atoms with Crippen molar-refractivity contribution in [1.82, 2.24) is 10.2 Å². The minimum atomic E-state index is 0.0724. The van der Waals surface area contributed by atoms with Crippen LogP contribution >= 0.6 is 0 Å². The molecule has 3 aromatic rings. The van der Waals surface area contributed by atoms with E-state index in [9.17, 15) is 9.59 Å². The summed E-state index contributed by atoms with van der Waals surface area (Å²) in [7, 11) is 0. The molecule has 1 atom stereocenters. The lowest BCUT2D eigenvalue weighted by Crippen LogP contribution is -2.41. The Morgan fingerprint density at radius 2 is 1.81 bits per heavy atom. The summed E-state index contributed by atoms with van der Waals surface area (Å²) in [6.07, 6.45) is 9.46. The van der Waals surface area contributed by atoms with Gasteiger partial charge in [0.15, 0.2) is 5.43 Å². The van der Waals surface area contributed by atoms with Crippen LogP contribution in [0.15, 0.2) is 64.0 Å². The number of fused-ring (bicyclic) bond motifs is 1. The molecular weight excluding hydrogens is 448 g/mol. The molecule has 3 fully saturated rings. The molecule has 1 saturated heterocycles. The second-order valence-electron chi connectivity index (χ2n) is 11.6. The summed E-state index contributed by atoms with van der Waals surface area (Å²) >= 11 is 0. The molecule has 3 aliphatic rings. The van der Waals surface area contributed by atoms with Gasteiger partial charge in [-0.2, -0.15) is 0 Å². The normalized spacial score (nSPS) is 22.6. The Morgan fingerprint density at radius 3 is 2.56 bits per heavy atom. The van der Waals surface area contributed by atoms with Gasteiger partial charge in [-0.3, -0.25) is 14.5 Å². The smallest absolute Gasteiger partial charge is 0.223 e. The third-order valence-corrected chi connectivity index (χ3v) is 9.30. The lowest BCUT2D eigenvalue weighted by Gasteiger charge is -2.33. The monoisotopic (exact) mass is 484 g/mol. The van der Waals surface area contributed by atoms with E-state index < -0.39 is 0 Å². The number of amides is 1. The van der Waals surface area contributed by atoms with Gasteiger partial charge in [0, 0.05) is 30.0 Å². The largest absolute Gasteiger partial charge is 0.464 e. The average Bonchev–Trinajstić information content (AvgIpc) is 3.38. The van der Waals surface area contributed by atoms with Gasteiger partial charge in [0.1, 0.15) is 5.58 Å². The molecule has 1 aliphatic heterocycles. The van der Waals surface area contributed by atoms with Crippen molar-refractivity contribution in [2.45, 2.75) is 63.8 Å². The number of benzene rings is 2. The van der Waals surface area contributed by atoms with Crippen molar-refractivity contribution in [3.63, 3.8) is 0 Å². The van der Waals surface area contributed by atoms with Crippen LogP contribution in [0.3, 0.4) is 0 Å². The van der Waals surface area contributed by atoms with Crippen LogP contribution in [0.4, 0.5) is 0 Å². The minimum absolute atomic E-state index is 0.0724. The Labute approximate surface area is 212 Å². The maximum Gasteiger partial charge on any atom is 0.223 e. The zero-order chi connectivity index (χ0) is 24.8. The Balaban J connectivity index is 1.05. The molecule has 2 aliphatic carbocycles. The summed E-state index contributed by atoms with van der Waals surface area (Å²) in [5, 5.41) is 4.03. The second-order valence-corrected chi connectivity index (χ2v) is 11.6. The number of rotatable bonds is 6. The van der Waals surface area contributed by atoms with Gasteiger partial charge in [-0.25, -0.2) is 0 Å². The first kappa shape index (κ1) is 23.5. The van der Waals surface area contributed by atoms with E-state index in [0.717, 1.165) is 62.9 Å². The standard InChI is InChI=1S/C31H36N2O3/c1-22-9-10-27-25(17-22)28(34)23(20-36-27)19-33-15-13-30(14-16-33)18-26(30)29(35)32-21-31(11-5-6-12-31)24-7-3-2-4-8-24/h2-4,7-10,17,20,26H,5-6,11-16,18-19,21H2,1H3,(H,32,35)/t26-/m0/s1. The highest BCUT2D eigenvalue weighted by atomic mass is 16.3. The maximum absolute atomic E-state index is 13.2. The third kappa shape index (κ3) is 4.28. The summed E-state index contributed by atoms with van der Waals surface area (Å²) in [5.74, 6) is 0.388. The molecule has 0 bridgehead atoms. The van der Waals surface area contributed by atoms with Gasteiger partial charge >= 0.3 is 0 Å². The van der Waals surface area contributed by atoms with E-state index in [1.165, 1.54) is 18.4 Å². The van der Waals surface area contributed by atoms with E-state index in [1.807, 2.05) is 25.1 Å². The first-order chi connectivity index (χ1) is 17.5. The highest BCUT2D eigenvalue weighted by Crippen LogP contribution is 2.59. The van der Waals surface area contributed by atoms with Crippen LogP contribution in [0.1, 0.15) is 61.6 Å². The molecule has 36 heavy (non-hydrogen) atoms. The number of nitrogens with zero attached hydrogens (tertiary/aromatic N) is 1. The molecular formula is C31H36N2O3. The molecule has 0 unspecified atom stereocenters. The predicted molar refractivity (Wildman–Crippen MR) is 142 cm³/mol. The van der Waals surface area contributed by atoms with Crippen LogP contribution < -0.4 is 10.7 Å². The van der Waals surface area contributed by atoms with Crippen LogP contribution in [-0.4, -0.2) is 30.4 Å². The lowest BCUT2D eigenvalue weighted by molar-refractivity contribution is -0.123. The lowest BCUT2D eigenvalue weighted by atomic mass is 9.78. The number of nitrogens with one attached hydrogen (secondary N) is 1. The molecule has 2 saturated carbocycles. The van der Waals surface area contributed by atoms with Gasteiger partial charge < -0.3 is 9.73 Å². The van der Waals surface area contributed by atoms with Gasteiger partial charge in [0.2, 0.25) is 5.91 Å². The quantitative estimate of drug-likeness (QED) is 0.514. The molecule has 5 heteroatoms. The average molecular weight is 485 g/mol. The van der Waals surface area contributed by atoms with E-state index in [-0.39, 0.29) is 28.1 Å². The highest BCUT2D eigenvalue weighted by Gasteiger charge is 2.58. The van der Waals surface area contributed by atoms with E-state index in [2.05, 4.69) is 40.5 Å². The van der Waals surface area contributed by atoms with Gasteiger partial charge in [-0.1, -0.05) is 54.8 Å². The van der Waals surface area contributed by atoms with Gasteiger partial charge in [-0.05, 0) is 75.2 Å². The first-order valence-electron chi connectivity index (χ1n) is 13.5. The van der Waals surface area contributed by atoms with Gasteiger partial charge in [0.25, 0.3) is 0 Å². The molecule has 0 radical (unpaired) electrons. The second kappa shape index (κ2) is 9.19. The number of hydrogen-bond acceptors (Lipinski definition) is 4. The fraction of sp³-hybridized carbons (Fsp3) is 0.484. The fourth-order valence-electron chi connectivity index (χ4n) is 6.85. The molecule has 2 heterocycles. The van der Waals surface area contributed by atoms with E-state index in [4.69, 9.17) is 4.42 Å². The van der Waals surface area contributed by atoms with Crippen molar-refractivity contribution in [2.75, 3.05) is 19.6 Å². The van der Waals surface area contributed by atoms with Gasteiger partial charge in [0.05, 0.1) is 11.6 Å². The summed E-state index contributed by atoms with van der Waals surface area (Å²) in [4.78, 5) is 28.5. The summed E-state index contributed by atoms with van der Waals surface area (Å²) in [5.41, 5.74) is 4.12. The predicted octanol–water partition coefficient (Wildman–Crippen LogP) is 5.33. The number of likely N-dealkylation sites (tertiary alicyclic amines) is 1. The third-order valence-electron chi connectivity index (χ3n) is 9.30. The molecule has 6 rings (SSSR count). The molecule has 1 spiro atoms. The van der Waals surface area contributed by atoms with Crippen LogP contribution in [0.25, 0.3) is 11.0 Å². The van der Waals surface area contributed by atoms with E-state index in [1.54, 1.807) is 6.26 Å². The number of carbonyl (C=O) groups is 1. The van der Waals surface area contributed by atoms with Crippen LogP contribution in [0.5, 0.6) is 0 Å². The Kier molecular flexibility index (Phi) is 5.99. The topological polar surface area (TPSA) is 62.6 Å². The highest BCUT2D eigenvalue weighted by molar-refractivity contribution is 5.82. The van der Waals surface area contributed by atoms with Gasteiger partial charge in [-0.15, -0.1) is 0 Å². The fourth-order valence-corrected chi connectivity index (χ4v) is 6.85. The SMILES string of the molecule is Cc1ccc2occ(CN3CCC4(CC3)C[C@H]4C(=O)NCC3(c4ccccc4)CCCC3)c(=O)c2c1. The van der Waals surface area contributed by atoms with Crippen LogP contribution in [-0.2, 0) is 16.8 Å². The van der Waals surface area contributed by atoms with Crippen molar-refractivity contribution in [1.29, 1.82) is 0 Å². The zero-order valence-electron chi connectivity index (χ0n) is 21.2. The van der Waals surface area contributed by atoms with E-state index in [0.29, 0.717) is 17.5 Å². The van der Waals surface area contributed by atoms with Crippen molar-refractivity contribution >= 4 is 16.9 Å². The molecule has 2 aromatic carbocycles. The number of aryl methyl sites for hydroxylation is 1. The number of piperidine rings is 1. The summed E-state index contributed by atoms with van der Waals surface area (Å²) < 4.78 is 5.75. The van der Waals surface area contributed by atoms with Crippen molar-refractivity contribution in [2.24, 2.45) is 11.3 Å².